The summed E-state index contributed by atoms with van der Waals surface area (Å²) in [6.45, 7) is 5.06. The van der Waals surface area contributed by atoms with Gasteiger partial charge in [-0.1, -0.05) is 30.1 Å². The van der Waals surface area contributed by atoms with Gasteiger partial charge in [0.25, 0.3) is 5.91 Å². The zero-order valence-electron chi connectivity index (χ0n) is 17.9. The highest BCUT2D eigenvalue weighted by Gasteiger charge is 2.32. The van der Waals surface area contributed by atoms with Gasteiger partial charge in [-0.25, -0.2) is 4.98 Å². The van der Waals surface area contributed by atoms with Crippen molar-refractivity contribution in [1.29, 1.82) is 0 Å². The lowest BCUT2D eigenvalue weighted by Gasteiger charge is -2.18. The summed E-state index contributed by atoms with van der Waals surface area (Å²) in [5.41, 5.74) is 1.47. The van der Waals surface area contributed by atoms with Crippen LogP contribution in [0, 0.1) is 12.8 Å². The Morgan fingerprint density at radius 1 is 1.25 bits per heavy atom. The highest BCUT2D eigenvalue weighted by Crippen LogP contribution is 2.35. The molecule has 0 radical (unpaired) electrons. The third-order valence-corrected chi connectivity index (χ3v) is 6.85. The number of likely N-dealkylation sites (tertiary alicyclic amines) is 1. The molecule has 0 aliphatic carbocycles. The van der Waals surface area contributed by atoms with Crippen LogP contribution in [0.15, 0.2) is 24.3 Å². The number of hydrogen-bond donors (Lipinski definition) is 0. The Balaban J connectivity index is 1.73. The number of halogens is 5. The summed E-state index contributed by atoms with van der Waals surface area (Å²) in [4.78, 5) is 19.3. The van der Waals surface area contributed by atoms with Crippen molar-refractivity contribution >= 4 is 40.1 Å². The molecule has 32 heavy (non-hydrogen) atoms. The minimum Gasteiger partial charge on any atom is -0.338 e. The highest BCUT2D eigenvalue weighted by molar-refractivity contribution is 6.38. The van der Waals surface area contributed by atoms with E-state index in [1.165, 1.54) is 0 Å². The zero-order valence-corrected chi connectivity index (χ0v) is 19.4. The van der Waals surface area contributed by atoms with Crippen LogP contribution in [0.25, 0.3) is 11.0 Å². The number of hydrogen-bond acceptors (Lipinski definition) is 2. The molecular weight excluding hydrogens is 462 g/mol. The van der Waals surface area contributed by atoms with Gasteiger partial charge in [-0.05, 0) is 54.7 Å². The molecule has 2 aromatic carbocycles. The fraction of sp³-hybridized carbons (Fsp3) is 0.391. The first-order chi connectivity index (χ1) is 15.0. The van der Waals surface area contributed by atoms with E-state index in [0.717, 1.165) is 18.6 Å². The number of fused-ring (bicyclic) bond motifs is 1. The van der Waals surface area contributed by atoms with Gasteiger partial charge in [-0.2, -0.15) is 13.2 Å². The number of amides is 1. The van der Waals surface area contributed by atoms with Crippen LogP contribution in [0.1, 0.15) is 46.2 Å². The van der Waals surface area contributed by atoms with Gasteiger partial charge < -0.3 is 9.47 Å². The van der Waals surface area contributed by atoms with E-state index < -0.39 is 11.7 Å². The van der Waals surface area contributed by atoms with Gasteiger partial charge in [-0.15, -0.1) is 0 Å². The van der Waals surface area contributed by atoms with Crippen LogP contribution in [-0.2, 0) is 19.6 Å². The number of carbonyl (C=O) groups is 1. The van der Waals surface area contributed by atoms with E-state index in [9.17, 15) is 18.0 Å². The van der Waals surface area contributed by atoms with Crippen molar-refractivity contribution in [3.05, 3.63) is 62.4 Å². The summed E-state index contributed by atoms with van der Waals surface area (Å²) < 4.78 is 41.4. The Morgan fingerprint density at radius 3 is 2.59 bits per heavy atom. The molecule has 0 spiro atoms. The van der Waals surface area contributed by atoms with Crippen LogP contribution in [0.2, 0.25) is 10.0 Å². The van der Waals surface area contributed by atoms with E-state index in [-0.39, 0.29) is 17.4 Å². The maximum absolute atomic E-state index is 13.3. The first-order valence-corrected chi connectivity index (χ1v) is 11.0. The third kappa shape index (κ3) is 4.08. The van der Waals surface area contributed by atoms with Crippen molar-refractivity contribution in [3.8, 4) is 0 Å². The van der Waals surface area contributed by atoms with E-state index in [2.05, 4.69) is 11.9 Å². The summed E-state index contributed by atoms with van der Waals surface area (Å²) >= 11 is 13.0. The molecule has 2 heterocycles. The number of rotatable bonds is 3. The lowest BCUT2D eigenvalue weighted by Crippen LogP contribution is -2.28. The van der Waals surface area contributed by atoms with E-state index in [1.807, 2.05) is 0 Å². The van der Waals surface area contributed by atoms with Crippen molar-refractivity contribution in [2.75, 3.05) is 13.1 Å². The minimum absolute atomic E-state index is 0.145. The van der Waals surface area contributed by atoms with Crippen molar-refractivity contribution in [2.45, 2.75) is 32.9 Å². The molecule has 1 unspecified atom stereocenters. The largest absolute Gasteiger partial charge is 0.416 e. The maximum Gasteiger partial charge on any atom is 0.416 e. The first kappa shape index (κ1) is 22.9. The van der Waals surface area contributed by atoms with Gasteiger partial charge >= 0.3 is 6.18 Å². The molecule has 1 aromatic heterocycles. The molecule has 4 rings (SSSR count). The third-order valence-electron chi connectivity index (χ3n) is 6.06. The average Bonchev–Trinajstić information content (AvgIpc) is 3.28. The van der Waals surface area contributed by atoms with Crippen molar-refractivity contribution in [1.82, 2.24) is 14.5 Å². The van der Waals surface area contributed by atoms with Crippen LogP contribution in [0.4, 0.5) is 13.2 Å². The predicted molar refractivity (Wildman–Crippen MR) is 119 cm³/mol. The van der Waals surface area contributed by atoms with Gasteiger partial charge in [0.1, 0.15) is 5.82 Å². The molecule has 0 saturated carbocycles. The summed E-state index contributed by atoms with van der Waals surface area (Å²) in [5, 5.41) is 0.628. The molecule has 1 amide bonds. The zero-order chi connectivity index (χ0) is 23.4. The molecule has 1 aliphatic heterocycles. The SMILES string of the molecule is Cc1cc(C(F)(F)F)cc2c1nc(Cc1c(Cl)ccc(C(=O)N3CCC(C)C3)c1Cl)n2C. The molecule has 3 aromatic rings. The number of benzene rings is 2. The second-order valence-corrected chi connectivity index (χ2v) is 9.24. The summed E-state index contributed by atoms with van der Waals surface area (Å²) in [5.74, 6) is 0.799. The number of aryl methyl sites for hydroxylation is 2. The highest BCUT2D eigenvalue weighted by atomic mass is 35.5. The van der Waals surface area contributed by atoms with Crippen LogP contribution < -0.4 is 0 Å². The number of aromatic nitrogens is 2. The summed E-state index contributed by atoms with van der Waals surface area (Å²) in [7, 11) is 1.66. The first-order valence-electron chi connectivity index (χ1n) is 10.3. The summed E-state index contributed by atoms with van der Waals surface area (Å²) in [6, 6.07) is 5.44. The van der Waals surface area contributed by atoms with Gasteiger partial charge in [0.05, 0.1) is 27.2 Å². The Hall–Kier alpha value is -2.25. The number of alkyl halides is 3. The van der Waals surface area contributed by atoms with E-state index >= 15 is 0 Å². The summed E-state index contributed by atoms with van der Waals surface area (Å²) in [6.07, 6.45) is -3.32. The smallest absolute Gasteiger partial charge is 0.338 e. The topological polar surface area (TPSA) is 38.1 Å². The Kier molecular flexibility index (Phi) is 5.92. The Labute approximate surface area is 193 Å². The fourth-order valence-corrected chi connectivity index (χ4v) is 4.78. The Bertz CT molecular complexity index is 1220. The van der Waals surface area contributed by atoms with E-state index in [0.29, 0.717) is 57.6 Å². The van der Waals surface area contributed by atoms with Crippen molar-refractivity contribution < 1.29 is 18.0 Å². The maximum atomic E-state index is 13.3. The van der Waals surface area contributed by atoms with Crippen molar-refractivity contribution in [2.24, 2.45) is 13.0 Å². The molecule has 170 valence electrons. The standard InChI is InChI=1S/C23H22Cl2F3N3O/c1-12-6-7-31(11-12)22(32)15-4-5-17(24)16(20(15)25)10-19-29-21-13(2)8-14(23(26,27)28)9-18(21)30(19)3/h4-5,8-9,12H,6-7,10-11H2,1-3H3. The molecule has 1 saturated heterocycles. The second kappa shape index (κ2) is 8.27. The normalized spacial score (nSPS) is 16.9. The van der Waals surface area contributed by atoms with E-state index in [4.69, 9.17) is 23.2 Å². The van der Waals surface area contributed by atoms with Crippen LogP contribution in [-0.4, -0.2) is 33.4 Å². The quantitative estimate of drug-likeness (QED) is 0.439. The van der Waals surface area contributed by atoms with Crippen LogP contribution in [0.3, 0.4) is 0 Å². The monoisotopic (exact) mass is 483 g/mol. The van der Waals surface area contributed by atoms with Gasteiger partial charge in [0, 0.05) is 31.6 Å². The molecule has 1 fully saturated rings. The molecule has 0 bridgehead atoms. The lowest BCUT2D eigenvalue weighted by atomic mass is 10.1. The molecule has 1 aliphatic rings. The van der Waals surface area contributed by atoms with Gasteiger partial charge in [0.2, 0.25) is 0 Å². The minimum atomic E-state index is -4.45. The second-order valence-electron chi connectivity index (χ2n) is 8.45. The Morgan fingerprint density at radius 2 is 1.97 bits per heavy atom. The molecule has 0 N–H and O–H groups in total. The molecule has 1 atom stereocenters. The van der Waals surface area contributed by atoms with Gasteiger partial charge in [-0.3, -0.25) is 4.79 Å². The number of carbonyl (C=O) groups excluding carboxylic acids is 1. The molecular formula is C23H22Cl2F3N3O. The number of nitrogens with zero attached hydrogens (tertiary/aromatic N) is 3. The van der Waals surface area contributed by atoms with E-state index in [1.54, 1.807) is 35.6 Å². The van der Waals surface area contributed by atoms with Crippen molar-refractivity contribution in [3.63, 3.8) is 0 Å². The number of imidazole rings is 1. The fourth-order valence-electron chi connectivity index (χ4n) is 4.20. The molecule has 9 heteroatoms. The lowest BCUT2D eigenvalue weighted by molar-refractivity contribution is -0.137. The van der Waals surface area contributed by atoms with Gasteiger partial charge in [0.15, 0.2) is 0 Å². The van der Waals surface area contributed by atoms with Crippen LogP contribution in [0.5, 0.6) is 0 Å². The molecule has 4 nitrogen and oxygen atoms in total. The predicted octanol–water partition coefficient (Wildman–Crippen LogP) is 6.28. The average molecular weight is 484 g/mol. The van der Waals surface area contributed by atoms with Crippen LogP contribution >= 0.6 is 23.2 Å².